The minimum Gasteiger partial charge on any atom is -0.431 e. The molecule has 0 unspecified atom stereocenters. The third-order valence-electron chi connectivity index (χ3n) is 3.34. The number of carbonyl (C=O) groups excluding carboxylic acids is 1. The highest BCUT2D eigenvalue weighted by molar-refractivity contribution is 9.10. The molecule has 2 heterocycles. The average molecular weight is 393 g/mol. The number of benzene rings is 2. The molecule has 0 radical (unpaired) electrons. The monoisotopic (exact) mass is 392 g/mol. The van der Waals surface area contributed by atoms with Gasteiger partial charge in [0.25, 0.3) is 12.0 Å². The number of hydrogen-bond donors (Lipinski definition) is 0. The SMILES string of the molecule is CC(=O)c1ccc2oc(F)cc2c1.Fc1cc2cc(Br)ccc2o1. The van der Waals surface area contributed by atoms with Gasteiger partial charge in [-0.15, -0.1) is 0 Å². The molecule has 3 nitrogen and oxygen atoms in total. The molecule has 0 aliphatic heterocycles. The lowest BCUT2D eigenvalue weighted by Crippen LogP contribution is -1.89. The van der Waals surface area contributed by atoms with Crippen molar-refractivity contribution in [2.75, 3.05) is 0 Å². The highest BCUT2D eigenvalue weighted by Crippen LogP contribution is 2.22. The maximum atomic E-state index is 12.6. The molecule has 0 fully saturated rings. The Morgan fingerprint density at radius 1 is 0.875 bits per heavy atom. The van der Waals surface area contributed by atoms with Crippen molar-refractivity contribution in [3.63, 3.8) is 0 Å². The van der Waals surface area contributed by atoms with E-state index in [0.717, 1.165) is 9.86 Å². The largest absolute Gasteiger partial charge is 0.431 e. The normalized spacial score (nSPS) is 10.7. The van der Waals surface area contributed by atoms with Crippen LogP contribution in [0.3, 0.4) is 0 Å². The van der Waals surface area contributed by atoms with Crippen LogP contribution in [0.2, 0.25) is 0 Å². The lowest BCUT2D eigenvalue weighted by Gasteiger charge is -1.93. The van der Waals surface area contributed by atoms with Crippen LogP contribution in [0.15, 0.2) is 61.8 Å². The second kappa shape index (κ2) is 6.57. The number of ketones is 1. The highest BCUT2D eigenvalue weighted by atomic mass is 79.9. The summed E-state index contributed by atoms with van der Waals surface area (Å²) in [4.78, 5) is 11.0. The fraction of sp³-hybridized carbons (Fsp3) is 0.0556. The predicted octanol–water partition coefficient (Wildman–Crippen LogP) is 6.11. The number of fused-ring (bicyclic) bond motifs is 2. The molecule has 6 heteroatoms. The molecule has 2 aromatic heterocycles. The van der Waals surface area contributed by atoms with E-state index in [1.807, 2.05) is 12.1 Å². The highest BCUT2D eigenvalue weighted by Gasteiger charge is 2.05. The molecule has 0 atom stereocenters. The van der Waals surface area contributed by atoms with Gasteiger partial charge in [-0.1, -0.05) is 15.9 Å². The minimum absolute atomic E-state index is 0.0384. The van der Waals surface area contributed by atoms with Crippen LogP contribution < -0.4 is 0 Å². The number of Topliss-reactive ketones (excluding diaryl/α,β-unsaturated/α-hetero) is 1. The number of rotatable bonds is 1. The first-order chi connectivity index (χ1) is 11.4. The second-order valence-corrected chi connectivity index (χ2v) is 6.01. The Morgan fingerprint density at radius 3 is 2.00 bits per heavy atom. The zero-order chi connectivity index (χ0) is 17.3. The first kappa shape index (κ1) is 16.4. The fourth-order valence-corrected chi connectivity index (χ4v) is 2.59. The van der Waals surface area contributed by atoms with Gasteiger partial charge < -0.3 is 8.83 Å². The van der Waals surface area contributed by atoms with Gasteiger partial charge in [0.2, 0.25) is 0 Å². The van der Waals surface area contributed by atoms with E-state index in [0.29, 0.717) is 22.1 Å². The Balaban J connectivity index is 0.000000143. The fourth-order valence-electron chi connectivity index (χ4n) is 2.21. The van der Waals surface area contributed by atoms with Crippen LogP contribution in [0.25, 0.3) is 21.9 Å². The van der Waals surface area contributed by atoms with Crippen LogP contribution in [-0.4, -0.2) is 5.78 Å². The molecular formula is C18H11BrF2O3. The van der Waals surface area contributed by atoms with Gasteiger partial charge in [0.1, 0.15) is 11.2 Å². The van der Waals surface area contributed by atoms with Crippen LogP contribution in [0, 0.1) is 12.0 Å². The van der Waals surface area contributed by atoms with Crippen LogP contribution in [0.5, 0.6) is 0 Å². The average Bonchev–Trinajstić information content (AvgIpc) is 3.06. The van der Waals surface area contributed by atoms with Crippen LogP contribution in [0.1, 0.15) is 17.3 Å². The number of hydrogen-bond acceptors (Lipinski definition) is 3. The third kappa shape index (κ3) is 3.54. The summed E-state index contributed by atoms with van der Waals surface area (Å²) in [6.45, 7) is 1.47. The van der Waals surface area contributed by atoms with Gasteiger partial charge in [0.15, 0.2) is 5.78 Å². The quantitative estimate of drug-likeness (QED) is 0.367. The van der Waals surface area contributed by atoms with Gasteiger partial charge in [0.05, 0.1) is 0 Å². The Labute approximate surface area is 144 Å². The van der Waals surface area contributed by atoms with E-state index in [1.54, 1.807) is 24.3 Å². The molecule has 122 valence electrons. The number of halogens is 3. The summed E-state index contributed by atoms with van der Waals surface area (Å²) in [5.41, 5.74) is 1.60. The van der Waals surface area contributed by atoms with Crippen molar-refractivity contribution in [1.29, 1.82) is 0 Å². The zero-order valence-corrected chi connectivity index (χ0v) is 14.1. The predicted molar refractivity (Wildman–Crippen MR) is 90.0 cm³/mol. The molecule has 0 N–H and O–H groups in total. The molecule has 0 aliphatic rings. The Morgan fingerprint density at radius 2 is 1.42 bits per heavy atom. The van der Waals surface area contributed by atoms with E-state index < -0.39 is 12.0 Å². The van der Waals surface area contributed by atoms with Gasteiger partial charge in [-0.25, -0.2) is 0 Å². The molecule has 4 rings (SSSR count). The minimum atomic E-state index is -0.629. The van der Waals surface area contributed by atoms with Crippen molar-refractivity contribution >= 4 is 43.7 Å². The van der Waals surface area contributed by atoms with Gasteiger partial charge in [-0.05, 0) is 43.3 Å². The van der Waals surface area contributed by atoms with E-state index in [9.17, 15) is 13.6 Å². The van der Waals surface area contributed by atoms with Crippen LogP contribution >= 0.6 is 15.9 Å². The van der Waals surface area contributed by atoms with Crippen LogP contribution in [0.4, 0.5) is 8.78 Å². The maximum Gasteiger partial charge on any atom is 0.278 e. The lowest BCUT2D eigenvalue weighted by atomic mass is 10.1. The Hall–Kier alpha value is -2.47. The summed E-state index contributed by atoms with van der Waals surface area (Å²) in [5.74, 6) is -0.0384. The van der Waals surface area contributed by atoms with Gasteiger partial charge in [-0.2, -0.15) is 8.78 Å². The molecule has 0 aliphatic carbocycles. The van der Waals surface area contributed by atoms with Crippen molar-refractivity contribution in [3.8, 4) is 0 Å². The van der Waals surface area contributed by atoms with Crippen molar-refractivity contribution in [2.45, 2.75) is 6.92 Å². The molecule has 0 spiro atoms. The Kier molecular flexibility index (Phi) is 4.49. The molecule has 2 aromatic carbocycles. The van der Waals surface area contributed by atoms with E-state index in [2.05, 4.69) is 15.9 Å². The summed E-state index contributed by atoms with van der Waals surface area (Å²) < 4.78 is 35.5. The first-order valence-electron chi connectivity index (χ1n) is 6.97. The second-order valence-electron chi connectivity index (χ2n) is 5.09. The molecule has 4 aromatic rings. The van der Waals surface area contributed by atoms with E-state index in [4.69, 9.17) is 8.83 Å². The topological polar surface area (TPSA) is 43.4 Å². The Bertz CT molecular complexity index is 1030. The van der Waals surface area contributed by atoms with Crippen molar-refractivity contribution < 1.29 is 22.4 Å². The summed E-state index contributed by atoms with van der Waals surface area (Å²) >= 11 is 3.28. The maximum absolute atomic E-state index is 12.6. The molecule has 0 bridgehead atoms. The number of furan rings is 2. The standard InChI is InChI=1S/C10H7FO2.C8H4BrFO/c1-6(12)7-2-3-9-8(4-7)5-10(11)13-9;9-6-1-2-7-5(3-6)4-8(10)11-7/h2-5H,1H3;1-4H. The summed E-state index contributed by atoms with van der Waals surface area (Å²) in [6.07, 6.45) is 0. The van der Waals surface area contributed by atoms with E-state index in [-0.39, 0.29) is 5.78 Å². The molecular weight excluding hydrogens is 382 g/mol. The van der Waals surface area contributed by atoms with Crippen molar-refractivity contribution in [3.05, 3.63) is 70.6 Å². The van der Waals surface area contributed by atoms with Gasteiger partial charge in [-0.3, -0.25) is 4.79 Å². The third-order valence-corrected chi connectivity index (χ3v) is 3.83. The van der Waals surface area contributed by atoms with Gasteiger partial charge >= 0.3 is 0 Å². The first-order valence-corrected chi connectivity index (χ1v) is 7.76. The van der Waals surface area contributed by atoms with Crippen LogP contribution in [-0.2, 0) is 0 Å². The van der Waals surface area contributed by atoms with Gasteiger partial charge in [0, 0.05) is 32.9 Å². The van der Waals surface area contributed by atoms with Crippen molar-refractivity contribution in [1.82, 2.24) is 0 Å². The number of carbonyl (C=O) groups is 1. The van der Waals surface area contributed by atoms with Crippen molar-refractivity contribution in [2.24, 2.45) is 0 Å². The summed E-state index contributed by atoms with van der Waals surface area (Å²) in [5, 5.41) is 1.39. The lowest BCUT2D eigenvalue weighted by molar-refractivity contribution is 0.101. The molecule has 0 saturated carbocycles. The van der Waals surface area contributed by atoms with E-state index >= 15 is 0 Å². The van der Waals surface area contributed by atoms with E-state index in [1.165, 1.54) is 19.1 Å². The summed E-state index contributed by atoms with van der Waals surface area (Å²) in [6, 6.07) is 11.6. The smallest absolute Gasteiger partial charge is 0.278 e. The molecule has 24 heavy (non-hydrogen) atoms. The summed E-state index contributed by atoms with van der Waals surface area (Å²) in [7, 11) is 0. The molecule has 0 amide bonds. The molecule has 0 saturated heterocycles. The zero-order valence-electron chi connectivity index (χ0n) is 12.5.